The second-order valence-electron chi connectivity index (χ2n) is 7.68. The molecular weight excluding hydrogens is 262 g/mol. The SMILES string of the molecule is CC1CCCN(C(C)(C)CNC(=O)CCC2CCNC2)C1. The molecule has 2 atom stereocenters. The Kier molecular flexibility index (Phi) is 6.06. The van der Waals surface area contributed by atoms with Gasteiger partial charge in [-0.2, -0.15) is 0 Å². The van der Waals surface area contributed by atoms with Crippen LogP contribution in [0.3, 0.4) is 0 Å². The molecule has 2 fully saturated rings. The fourth-order valence-electron chi connectivity index (χ4n) is 3.55. The molecule has 0 radical (unpaired) electrons. The summed E-state index contributed by atoms with van der Waals surface area (Å²) >= 11 is 0. The Morgan fingerprint density at radius 2 is 2.19 bits per heavy atom. The van der Waals surface area contributed by atoms with Crippen LogP contribution in [-0.4, -0.2) is 49.1 Å². The summed E-state index contributed by atoms with van der Waals surface area (Å²) in [5.41, 5.74) is 0.0687. The molecule has 0 aromatic carbocycles. The Bertz CT molecular complexity index is 337. The highest BCUT2D eigenvalue weighted by atomic mass is 16.1. The van der Waals surface area contributed by atoms with Gasteiger partial charge in [0.1, 0.15) is 0 Å². The van der Waals surface area contributed by atoms with Crippen molar-refractivity contribution in [3.05, 3.63) is 0 Å². The molecule has 4 nitrogen and oxygen atoms in total. The minimum absolute atomic E-state index is 0.0687. The van der Waals surface area contributed by atoms with E-state index in [0.29, 0.717) is 12.3 Å². The van der Waals surface area contributed by atoms with Crippen molar-refractivity contribution in [3.63, 3.8) is 0 Å². The van der Waals surface area contributed by atoms with E-state index in [9.17, 15) is 4.79 Å². The maximum absolute atomic E-state index is 12.0. The summed E-state index contributed by atoms with van der Waals surface area (Å²) in [5, 5.41) is 6.52. The number of piperidine rings is 1. The van der Waals surface area contributed by atoms with Crippen molar-refractivity contribution >= 4 is 5.91 Å². The lowest BCUT2D eigenvalue weighted by atomic mass is 9.93. The summed E-state index contributed by atoms with van der Waals surface area (Å²) in [5.74, 6) is 1.70. The molecule has 2 unspecified atom stereocenters. The van der Waals surface area contributed by atoms with Crippen molar-refractivity contribution in [2.45, 2.75) is 58.4 Å². The summed E-state index contributed by atoms with van der Waals surface area (Å²) in [6.07, 6.45) is 5.56. The second-order valence-corrected chi connectivity index (χ2v) is 7.68. The highest BCUT2D eigenvalue weighted by molar-refractivity contribution is 5.75. The van der Waals surface area contributed by atoms with Crippen LogP contribution in [0.4, 0.5) is 0 Å². The predicted octanol–water partition coefficient (Wildman–Crippen LogP) is 2.00. The zero-order chi connectivity index (χ0) is 15.3. The predicted molar refractivity (Wildman–Crippen MR) is 87.3 cm³/mol. The van der Waals surface area contributed by atoms with Gasteiger partial charge in [-0.05, 0) is 71.0 Å². The third-order valence-electron chi connectivity index (χ3n) is 5.17. The molecule has 21 heavy (non-hydrogen) atoms. The van der Waals surface area contributed by atoms with Gasteiger partial charge in [0.05, 0.1) is 0 Å². The first-order chi connectivity index (χ1) is 9.97. The molecule has 2 aliphatic heterocycles. The number of carbonyl (C=O) groups is 1. The second kappa shape index (κ2) is 7.59. The molecule has 0 bridgehead atoms. The molecule has 0 spiro atoms. The van der Waals surface area contributed by atoms with Gasteiger partial charge in [-0.15, -0.1) is 0 Å². The molecule has 0 aromatic rings. The maximum atomic E-state index is 12.0. The fourth-order valence-corrected chi connectivity index (χ4v) is 3.55. The summed E-state index contributed by atoms with van der Waals surface area (Å²) in [4.78, 5) is 14.6. The molecule has 0 saturated carbocycles. The van der Waals surface area contributed by atoms with Crippen LogP contribution in [0, 0.1) is 11.8 Å². The van der Waals surface area contributed by atoms with Crippen molar-refractivity contribution in [2.24, 2.45) is 11.8 Å². The zero-order valence-corrected chi connectivity index (χ0v) is 14.1. The molecule has 2 heterocycles. The van der Waals surface area contributed by atoms with Crippen molar-refractivity contribution < 1.29 is 4.79 Å². The summed E-state index contributed by atoms with van der Waals surface area (Å²) in [6, 6.07) is 0. The Balaban J connectivity index is 1.68. The minimum atomic E-state index is 0.0687. The Hall–Kier alpha value is -0.610. The van der Waals surface area contributed by atoms with E-state index in [-0.39, 0.29) is 11.4 Å². The lowest BCUT2D eigenvalue weighted by Gasteiger charge is -2.43. The van der Waals surface area contributed by atoms with Crippen molar-refractivity contribution in [2.75, 3.05) is 32.7 Å². The molecule has 2 rings (SSSR count). The summed E-state index contributed by atoms with van der Waals surface area (Å²) < 4.78 is 0. The third kappa shape index (κ3) is 5.26. The molecule has 122 valence electrons. The maximum Gasteiger partial charge on any atom is 0.220 e. The lowest BCUT2D eigenvalue weighted by molar-refractivity contribution is -0.122. The molecule has 2 aliphatic rings. The first-order valence-electron chi connectivity index (χ1n) is 8.70. The Morgan fingerprint density at radius 3 is 2.86 bits per heavy atom. The van der Waals surface area contributed by atoms with Gasteiger partial charge in [-0.25, -0.2) is 0 Å². The van der Waals surface area contributed by atoms with Crippen LogP contribution in [0.1, 0.15) is 52.9 Å². The first kappa shape index (κ1) is 16.8. The number of amides is 1. The largest absolute Gasteiger partial charge is 0.354 e. The number of likely N-dealkylation sites (tertiary alicyclic amines) is 1. The number of nitrogens with one attached hydrogen (secondary N) is 2. The monoisotopic (exact) mass is 295 g/mol. The standard InChI is InChI=1S/C17H33N3O/c1-14-5-4-10-20(12-14)17(2,3)13-19-16(21)7-6-15-8-9-18-11-15/h14-15,18H,4-13H2,1-3H3,(H,19,21). The van der Waals surface area contributed by atoms with E-state index >= 15 is 0 Å². The fraction of sp³-hybridized carbons (Fsp3) is 0.941. The number of hydrogen-bond acceptors (Lipinski definition) is 3. The van der Waals surface area contributed by atoms with Crippen LogP contribution >= 0.6 is 0 Å². The topological polar surface area (TPSA) is 44.4 Å². The van der Waals surface area contributed by atoms with Gasteiger partial charge in [0.25, 0.3) is 0 Å². The highest BCUT2D eigenvalue weighted by Gasteiger charge is 2.30. The van der Waals surface area contributed by atoms with Crippen molar-refractivity contribution in [3.8, 4) is 0 Å². The van der Waals surface area contributed by atoms with Crippen LogP contribution in [0.15, 0.2) is 0 Å². The van der Waals surface area contributed by atoms with Gasteiger partial charge >= 0.3 is 0 Å². The van der Waals surface area contributed by atoms with Crippen LogP contribution in [0.25, 0.3) is 0 Å². The highest BCUT2D eigenvalue weighted by Crippen LogP contribution is 2.23. The lowest BCUT2D eigenvalue weighted by Crippen LogP contribution is -2.54. The normalized spacial score (nSPS) is 27.8. The van der Waals surface area contributed by atoms with E-state index in [0.717, 1.165) is 38.5 Å². The van der Waals surface area contributed by atoms with Crippen LogP contribution < -0.4 is 10.6 Å². The molecule has 2 saturated heterocycles. The van der Waals surface area contributed by atoms with Crippen molar-refractivity contribution in [1.82, 2.24) is 15.5 Å². The quantitative estimate of drug-likeness (QED) is 0.788. The van der Waals surface area contributed by atoms with Gasteiger partial charge in [0, 0.05) is 25.0 Å². The number of carbonyl (C=O) groups excluding carboxylic acids is 1. The minimum Gasteiger partial charge on any atom is -0.354 e. The smallest absolute Gasteiger partial charge is 0.220 e. The summed E-state index contributed by atoms with van der Waals surface area (Å²) in [7, 11) is 0. The van der Waals surface area contributed by atoms with E-state index < -0.39 is 0 Å². The zero-order valence-electron chi connectivity index (χ0n) is 14.1. The van der Waals surface area contributed by atoms with Crippen molar-refractivity contribution in [1.29, 1.82) is 0 Å². The van der Waals surface area contributed by atoms with Crippen LogP contribution in [-0.2, 0) is 4.79 Å². The van der Waals surface area contributed by atoms with E-state index in [1.807, 2.05) is 0 Å². The number of hydrogen-bond donors (Lipinski definition) is 2. The van der Waals surface area contributed by atoms with Gasteiger partial charge in [-0.1, -0.05) is 6.92 Å². The average molecular weight is 295 g/mol. The van der Waals surface area contributed by atoms with E-state index in [1.54, 1.807) is 0 Å². The van der Waals surface area contributed by atoms with Gasteiger partial charge in [0.15, 0.2) is 0 Å². The molecule has 2 N–H and O–H groups in total. The molecule has 4 heteroatoms. The van der Waals surface area contributed by atoms with E-state index in [2.05, 4.69) is 36.3 Å². The van der Waals surface area contributed by atoms with Gasteiger partial charge in [0.2, 0.25) is 5.91 Å². The average Bonchev–Trinajstić information content (AvgIpc) is 2.96. The van der Waals surface area contributed by atoms with E-state index in [1.165, 1.54) is 25.8 Å². The third-order valence-corrected chi connectivity index (χ3v) is 5.17. The first-order valence-corrected chi connectivity index (χ1v) is 8.70. The number of rotatable bonds is 6. The number of nitrogens with zero attached hydrogens (tertiary/aromatic N) is 1. The van der Waals surface area contributed by atoms with E-state index in [4.69, 9.17) is 0 Å². The Morgan fingerprint density at radius 1 is 1.38 bits per heavy atom. The van der Waals surface area contributed by atoms with Gasteiger partial charge < -0.3 is 10.6 Å². The summed E-state index contributed by atoms with van der Waals surface area (Å²) in [6.45, 7) is 12.1. The molecule has 0 aliphatic carbocycles. The van der Waals surface area contributed by atoms with Crippen LogP contribution in [0.5, 0.6) is 0 Å². The molecule has 1 amide bonds. The molecular formula is C17H33N3O. The van der Waals surface area contributed by atoms with Crippen LogP contribution in [0.2, 0.25) is 0 Å². The molecule has 0 aromatic heterocycles. The van der Waals surface area contributed by atoms with Gasteiger partial charge in [-0.3, -0.25) is 9.69 Å². The Labute approximate surface area is 130 Å².